The van der Waals surface area contributed by atoms with Gasteiger partial charge in [0.05, 0.1) is 6.42 Å². The molecule has 1 N–H and O–H groups in total. The van der Waals surface area contributed by atoms with Crippen molar-refractivity contribution in [3.8, 4) is 0 Å². The Balaban J connectivity index is 1.96. The molecule has 4 nitrogen and oxygen atoms in total. The third-order valence-electron chi connectivity index (χ3n) is 5.99. The number of carbonyl (C=O) groups excluding carboxylic acids is 2. The molecule has 0 saturated carbocycles. The molecule has 0 heterocycles. The molecule has 3 aromatic rings. The van der Waals surface area contributed by atoms with Crippen molar-refractivity contribution in [1.82, 2.24) is 10.2 Å². The lowest BCUT2D eigenvalue weighted by Gasteiger charge is -2.32. The zero-order valence-electron chi connectivity index (χ0n) is 20.1. The SMILES string of the molecule is CC[C@H](C)NC(=O)[C@@H](Cc1ccccc1)N(Cc1ccc(C)cc1)C(=O)Cc1cccc(Cl)c1. The number of nitrogens with one attached hydrogen (secondary N) is 1. The monoisotopic (exact) mass is 476 g/mol. The average molecular weight is 477 g/mol. The molecule has 0 saturated heterocycles. The number of rotatable bonds is 10. The normalized spacial score (nSPS) is 12.6. The first-order chi connectivity index (χ1) is 16.4. The Morgan fingerprint density at radius 1 is 0.912 bits per heavy atom. The number of hydrogen-bond acceptors (Lipinski definition) is 2. The van der Waals surface area contributed by atoms with Crippen molar-refractivity contribution in [1.29, 1.82) is 0 Å². The minimum absolute atomic E-state index is 0.0232. The highest BCUT2D eigenvalue weighted by Crippen LogP contribution is 2.18. The highest BCUT2D eigenvalue weighted by molar-refractivity contribution is 6.30. The molecule has 3 rings (SSSR count). The summed E-state index contributed by atoms with van der Waals surface area (Å²) in [4.78, 5) is 28.9. The summed E-state index contributed by atoms with van der Waals surface area (Å²) in [5.74, 6) is -0.243. The summed E-state index contributed by atoms with van der Waals surface area (Å²) in [5, 5.41) is 3.69. The van der Waals surface area contributed by atoms with Crippen LogP contribution >= 0.6 is 11.6 Å². The summed E-state index contributed by atoms with van der Waals surface area (Å²) in [7, 11) is 0. The van der Waals surface area contributed by atoms with Crippen molar-refractivity contribution in [3.63, 3.8) is 0 Å². The molecule has 178 valence electrons. The maximum Gasteiger partial charge on any atom is 0.243 e. The Bertz CT molecular complexity index is 1080. The van der Waals surface area contributed by atoms with Crippen LogP contribution in [-0.4, -0.2) is 28.8 Å². The first kappa shape index (κ1) is 25.5. The largest absolute Gasteiger partial charge is 0.352 e. The summed E-state index contributed by atoms with van der Waals surface area (Å²) in [6.45, 7) is 6.40. The summed E-state index contributed by atoms with van der Waals surface area (Å²) < 4.78 is 0. The quantitative estimate of drug-likeness (QED) is 0.405. The zero-order chi connectivity index (χ0) is 24.5. The molecular weight excluding hydrogens is 444 g/mol. The summed E-state index contributed by atoms with van der Waals surface area (Å²) in [6.07, 6.45) is 1.43. The highest BCUT2D eigenvalue weighted by atomic mass is 35.5. The van der Waals surface area contributed by atoms with Gasteiger partial charge < -0.3 is 10.2 Å². The maximum absolute atomic E-state index is 13.7. The van der Waals surface area contributed by atoms with E-state index in [9.17, 15) is 9.59 Å². The van der Waals surface area contributed by atoms with Gasteiger partial charge in [-0.1, -0.05) is 90.8 Å². The van der Waals surface area contributed by atoms with Crippen LogP contribution in [0.5, 0.6) is 0 Å². The van der Waals surface area contributed by atoms with Gasteiger partial charge >= 0.3 is 0 Å². The van der Waals surface area contributed by atoms with Crippen molar-refractivity contribution in [2.45, 2.75) is 58.7 Å². The van der Waals surface area contributed by atoms with E-state index in [1.165, 1.54) is 0 Å². The predicted molar refractivity (Wildman–Crippen MR) is 139 cm³/mol. The topological polar surface area (TPSA) is 49.4 Å². The van der Waals surface area contributed by atoms with Crippen molar-refractivity contribution in [2.75, 3.05) is 0 Å². The van der Waals surface area contributed by atoms with Gasteiger partial charge in [0.15, 0.2) is 0 Å². The van der Waals surface area contributed by atoms with Gasteiger partial charge in [0, 0.05) is 24.0 Å². The molecular formula is C29H33ClN2O2. The number of aryl methyl sites for hydroxylation is 1. The third kappa shape index (κ3) is 7.46. The molecule has 2 amide bonds. The standard InChI is InChI=1S/C29H33ClN2O2/c1-4-22(3)31-29(34)27(18-23-9-6-5-7-10-23)32(20-24-15-13-21(2)14-16-24)28(33)19-25-11-8-12-26(30)17-25/h5-17,22,27H,4,18-20H2,1-3H3,(H,31,34)/t22-,27+/m0/s1. The minimum Gasteiger partial charge on any atom is -0.352 e. The smallest absolute Gasteiger partial charge is 0.243 e. The molecule has 0 unspecified atom stereocenters. The molecule has 0 spiro atoms. The van der Waals surface area contributed by atoms with Crippen molar-refractivity contribution >= 4 is 23.4 Å². The van der Waals surface area contributed by atoms with Crippen LogP contribution in [0.25, 0.3) is 0 Å². The number of halogens is 1. The number of carbonyl (C=O) groups is 2. The van der Waals surface area contributed by atoms with E-state index < -0.39 is 6.04 Å². The van der Waals surface area contributed by atoms with Gasteiger partial charge in [-0.2, -0.15) is 0 Å². The van der Waals surface area contributed by atoms with E-state index in [4.69, 9.17) is 11.6 Å². The van der Waals surface area contributed by atoms with E-state index in [0.717, 1.165) is 28.7 Å². The van der Waals surface area contributed by atoms with E-state index in [1.54, 1.807) is 17.0 Å². The molecule has 34 heavy (non-hydrogen) atoms. The van der Waals surface area contributed by atoms with Gasteiger partial charge in [-0.05, 0) is 49.1 Å². The molecule has 0 aromatic heterocycles. The van der Waals surface area contributed by atoms with Gasteiger partial charge in [-0.25, -0.2) is 0 Å². The van der Waals surface area contributed by atoms with Crippen LogP contribution in [0, 0.1) is 6.92 Å². The lowest BCUT2D eigenvalue weighted by atomic mass is 10.0. The van der Waals surface area contributed by atoms with Crippen LogP contribution in [0.2, 0.25) is 5.02 Å². The van der Waals surface area contributed by atoms with E-state index in [-0.39, 0.29) is 24.3 Å². The van der Waals surface area contributed by atoms with Crippen LogP contribution < -0.4 is 5.32 Å². The molecule has 0 aliphatic carbocycles. The fraction of sp³-hybridized carbons (Fsp3) is 0.310. The Kier molecular flexibility index (Phi) is 9.29. The second-order valence-electron chi connectivity index (χ2n) is 8.84. The van der Waals surface area contributed by atoms with Crippen LogP contribution in [-0.2, 0) is 29.0 Å². The second kappa shape index (κ2) is 12.4. The van der Waals surface area contributed by atoms with Crippen LogP contribution in [0.4, 0.5) is 0 Å². The molecule has 0 radical (unpaired) electrons. The van der Waals surface area contributed by atoms with Crippen LogP contribution in [0.1, 0.15) is 42.5 Å². The molecule has 0 fully saturated rings. The van der Waals surface area contributed by atoms with Gasteiger partial charge in [-0.15, -0.1) is 0 Å². The highest BCUT2D eigenvalue weighted by Gasteiger charge is 2.31. The lowest BCUT2D eigenvalue weighted by Crippen LogP contribution is -2.52. The van der Waals surface area contributed by atoms with Gasteiger partial charge in [0.1, 0.15) is 6.04 Å². The van der Waals surface area contributed by atoms with E-state index in [0.29, 0.717) is 18.0 Å². The molecule has 2 atom stereocenters. The zero-order valence-corrected chi connectivity index (χ0v) is 20.9. The molecule has 0 aliphatic heterocycles. The number of amides is 2. The first-order valence-electron chi connectivity index (χ1n) is 11.8. The fourth-order valence-corrected chi connectivity index (χ4v) is 4.02. The van der Waals surface area contributed by atoms with Gasteiger partial charge in [-0.3, -0.25) is 9.59 Å². The fourth-order valence-electron chi connectivity index (χ4n) is 3.81. The molecule has 3 aromatic carbocycles. The Hall–Kier alpha value is -3.11. The van der Waals surface area contributed by atoms with Crippen molar-refractivity contribution in [3.05, 3.63) is 106 Å². The Morgan fingerprint density at radius 3 is 2.24 bits per heavy atom. The predicted octanol–water partition coefficient (Wildman–Crippen LogP) is 5.75. The molecule has 5 heteroatoms. The second-order valence-corrected chi connectivity index (χ2v) is 9.27. The average Bonchev–Trinajstić information content (AvgIpc) is 2.83. The third-order valence-corrected chi connectivity index (χ3v) is 6.23. The molecule has 0 aliphatic rings. The van der Waals surface area contributed by atoms with Crippen molar-refractivity contribution in [2.24, 2.45) is 0 Å². The van der Waals surface area contributed by atoms with Gasteiger partial charge in [0.25, 0.3) is 0 Å². The lowest BCUT2D eigenvalue weighted by molar-refractivity contribution is -0.141. The Morgan fingerprint density at radius 2 is 1.59 bits per heavy atom. The summed E-state index contributed by atoms with van der Waals surface area (Å²) in [5.41, 5.74) is 3.97. The van der Waals surface area contributed by atoms with Crippen LogP contribution in [0.15, 0.2) is 78.9 Å². The number of nitrogens with zero attached hydrogens (tertiary/aromatic N) is 1. The minimum atomic E-state index is -0.635. The number of benzene rings is 3. The number of hydrogen-bond donors (Lipinski definition) is 1. The van der Waals surface area contributed by atoms with E-state index >= 15 is 0 Å². The van der Waals surface area contributed by atoms with E-state index in [2.05, 4.69) is 5.32 Å². The first-order valence-corrected chi connectivity index (χ1v) is 12.2. The summed E-state index contributed by atoms with van der Waals surface area (Å²) >= 11 is 6.16. The van der Waals surface area contributed by atoms with E-state index in [1.807, 2.05) is 87.5 Å². The summed E-state index contributed by atoms with van der Waals surface area (Å²) in [6, 6.07) is 24.6. The maximum atomic E-state index is 13.7. The van der Waals surface area contributed by atoms with Crippen molar-refractivity contribution < 1.29 is 9.59 Å². The van der Waals surface area contributed by atoms with Gasteiger partial charge in [0.2, 0.25) is 11.8 Å². The van der Waals surface area contributed by atoms with Crippen LogP contribution in [0.3, 0.4) is 0 Å². The Labute approximate surface area is 207 Å². The molecule has 0 bridgehead atoms.